The van der Waals surface area contributed by atoms with E-state index >= 15 is 0 Å². The smallest absolute Gasteiger partial charge is 0.343 e. The molecule has 0 aromatic heterocycles. The normalized spacial score (nSPS) is 12.3. The van der Waals surface area contributed by atoms with Crippen LogP contribution < -0.4 is 14.2 Å². The molecule has 0 saturated carbocycles. The van der Waals surface area contributed by atoms with Crippen LogP contribution in [0.3, 0.4) is 0 Å². The standard InChI is InChI=1S/C15H12O4/c1-10-3-2-4-12(7-10)19-15(16)11-5-6-13-14(8-11)18-9-17-13/h2-8H,9H2,1H3. The Labute approximate surface area is 110 Å². The summed E-state index contributed by atoms with van der Waals surface area (Å²) < 4.78 is 15.7. The summed E-state index contributed by atoms with van der Waals surface area (Å²) >= 11 is 0. The van der Waals surface area contributed by atoms with E-state index in [-0.39, 0.29) is 6.79 Å². The molecule has 0 radical (unpaired) electrons. The maximum Gasteiger partial charge on any atom is 0.343 e. The number of ether oxygens (including phenoxy) is 3. The van der Waals surface area contributed by atoms with Gasteiger partial charge in [-0.2, -0.15) is 0 Å². The van der Waals surface area contributed by atoms with Crippen molar-refractivity contribution in [1.29, 1.82) is 0 Å². The monoisotopic (exact) mass is 256 g/mol. The molecule has 0 bridgehead atoms. The molecule has 0 aliphatic carbocycles. The van der Waals surface area contributed by atoms with Gasteiger partial charge in [0.15, 0.2) is 11.5 Å². The number of rotatable bonds is 2. The van der Waals surface area contributed by atoms with Crippen molar-refractivity contribution in [2.24, 2.45) is 0 Å². The minimum atomic E-state index is -0.413. The van der Waals surface area contributed by atoms with E-state index in [4.69, 9.17) is 14.2 Å². The topological polar surface area (TPSA) is 44.8 Å². The van der Waals surface area contributed by atoms with Crippen LogP contribution in [0.5, 0.6) is 17.2 Å². The molecular formula is C15H12O4. The van der Waals surface area contributed by atoms with Gasteiger partial charge in [0.05, 0.1) is 5.56 Å². The fraction of sp³-hybridized carbons (Fsp3) is 0.133. The maximum absolute atomic E-state index is 12.0. The molecule has 0 amide bonds. The molecular weight excluding hydrogens is 244 g/mol. The number of esters is 1. The summed E-state index contributed by atoms with van der Waals surface area (Å²) in [5.41, 5.74) is 1.47. The molecule has 2 aromatic rings. The molecule has 0 fully saturated rings. The van der Waals surface area contributed by atoms with Crippen molar-refractivity contribution in [3.05, 3.63) is 53.6 Å². The van der Waals surface area contributed by atoms with Crippen LogP contribution in [0.4, 0.5) is 0 Å². The Balaban J connectivity index is 1.81. The van der Waals surface area contributed by atoms with Gasteiger partial charge in [-0.05, 0) is 42.8 Å². The quantitative estimate of drug-likeness (QED) is 0.612. The van der Waals surface area contributed by atoms with Crippen LogP contribution in [-0.4, -0.2) is 12.8 Å². The number of carbonyl (C=O) groups excluding carboxylic acids is 1. The average Bonchev–Trinajstić information content (AvgIpc) is 2.85. The zero-order valence-corrected chi connectivity index (χ0v) is 10.4. The van der Waals surface area contributed by atoms with Crippen LogP contribution in [0.15, 0.2) is 42.5 Å². The van der Waals surface area contributed by atoms with E-state index in [0.717, 1.165) is 5.56 Å². The third-order valence-corrected chi connectivity index (χ3v) is 2.81. The number of carbonyl (C=O) groups is 1. The van der Waals surface area contributed by atoms with E-state index in [1.165, 1.54) is 0 Å². The third-order valence-electron chi connectivity index (χ3n) is 2.81. The molecule has 0 spiro atoms. The molecule has 1 aliphatic heterocycles. The van der Waals surface area contributed by atoms with Gasteiger partial charge in [-0.3, -0.25) is 0 Å². The lowest BCUT2D eigenvalue weighted by atomic mass is 10.2. The lowest BCUT2D eigenvalue weighted by Gasteiger charge is -2.05. The molecule has 0 saturated heterocycles. The second-order valence-electron chi connectivity index (χ2n) is 4.27. The van der Waals surface area contributed by atoms with Gasteiger partial charge in [-0.1, -0.05) is 12.1 Å². The number of fused-ring (bicyclic) bond motifs is 1. The largest absolute Gasteiger partial charge is 0.454 e. The van der Waals surface area contributed by atoms with Gasteiger partial charge in [0.2, 0.25) is 6.79 Å². The Morgan fingerprint density at radius 1 is 1.11 bits per heavy atom. The Hall–Kier alpha value is -2.49. The highest BCUT2D eigenvalue weighted by Crippen LogP contribution is 2.32. The van der Waals surface area contributed by atoms with E-state index in [0.29, 0.717) is 22.8 Å². The number of benzene rings is 2. The average molecular weight is 256 g/mol. The zero-order chi connectivity index (χ0) is 13.2. The molecule has 96 valence electrons. The second kappa shape index (κ2) is 4.65. The summed E-state index contributed by atoms with van der Waals surface area (Å²) in [6.07, 6.45) is 0. The first-order valence-corrected chi connectivity index (χ1v) is 5.91. The second-order valence-corrected chi connectivity index (χ2v) is 4.27. The van der Waals surface area contributed by atoms with Crippen LogP contribution in [0, 0.1) is 6.92 Å². The van der Waals surface area contributed by atoms with Crippen LogP contribution in [-0.2, 0) is 0 Å². The maximum atomic E-state index is 12.0. The van der Waals surface area contributed by atoms with Crippen molar-refractivity contribution in [1.82, 2.24) is 0 Å². The van der Waals surface area contributed by atoms with E-state index in [2.05, 4.69) is 0 Å². The first-order chi connectivity index (χ1) is 9.22. The summed E-state index contributed by atoms with van der Waals surface area (Å²) in [6, 6.07) is 12.3. The molecule has 4 nitrogen and oxygen atoms in total. The van der Waals surface area contributed by atoms with E-state index in [9.17, 15) is 4.79 Å². The number of hydrogen-bond donors (Lipinski definition) is 0. The van der Waals surface area contributed by atoms with Gasteiger partial charge in [-0.15, -0.1) is 0 Å². The molecule has 1 aliphatic rings. The van der Waals surface area contributed by atoms with Gasteiger partial charge in [0.1, 0.15) is 5.75 Å². The molecule has 1 heterocycles. The summed E-state index contributed by atoms with van der Waals surface area (Å²) in [7, 11) is 0. The van der Waals surface area contributed by atoms with Gasteiger partial charge >= 0.3 is 5.97 Å². The van der Waals surface area contributed by atoms with Crippen molar-refractivity contribution >= 4 is 5.97 Å². The van der Waals surface area contributed by atoms with E-state index < -0.39 is 5.97 Å². The molecule has 2 aromatic carbocycles. The van der Waals surface area contributed by atoms with Crippen molar-refractivity contribution in [2.45, 2.75) is 6.92 Å². The van der Waals surface area contributed by atoms with Gasteiger partial charge < -0.3 is 14.2 Å². The highest BCUT2D eigenvalue weighted by atomic mass is 16.7. The number of aryl methyl sites for hydroxylation is 1. The molecule has 0 atom stereocenters. The fourth-order valence-electron chi connectivity index (χ4n) is 1.87. The Kier molecular flexibility index (Phi) is 2.83. The Morgan fingerprint density at radius 3 is 2.79 bits per heavy atom. The highest BCUT2D eigenvalue weighted by molar-refractivity contribution is 5.91. The Morgan fingerprint density at radius 2 is 1.95 bits per heavy atom. The van der Waals surface area contributed by atoms with Crippen LogP contribution >= 0.6 is 0 Å². The predicted octanol–water partition coefficient (Wildman–Crippen LogP) is 2.94. The molecule has 3 rings (SSSR count). The van der Waals surface area contributed by atoms with Crippen molar-refractivity contribution in [3.63, 3.8) is 0 Å². The van der Waals surface area contributed by atoms with E-state index in [1.807, 2.05) is 25.1 Å². The predicted molar refractivity (Wildman–Crippen MR) is 68.7 cm³/mol. The first-order valence-electron chi connectivity index (χ1n) is 5.91. The lowest BCUT2D eigenvalue weighted by molar-refractivity contribution is 0.0734. The third kappa shape index (κ3) is 2.38. The molecule has 0 N–H and O–H groups in total. The van der Waals surface area contributed by atoms with Crippen molar-refractivity contribution < 1.29 is 19.0 Å². The summed E-state index contributed by atoms with van der Waals surface area (Å²) in [5, 5.41) is 0. The summed E-state index contributed by atoms with van der Waals surface area (Å²) in [5.74, 6) is 1.33. The molecule has 0 unspecified atom stereocenters. The van der Waals surface area contributed by atoms with Crippen LogP contribution in [0.2, 0.25) is 0 Å². The molecule has 19 heavy (non-hydrogen) atoms. The van der Waals surface area contributed by atoms with Crippen molar-refractivity contribution in [3.8, 4) is 17.2 Å². The fourth-order valence-corrected chi connectivity index (χ4v) is 1.87. The first kappa shape index (κ1) is 11.6. The van der Waals surface area contributed by atoms with Gasteiger partial charge in [0.25, 0.3) is 0 Å². The van der Waals surface area contributed by atoms with Crippen molar-refractivity contribution in [2.75, 3.05) is 6.79 Å². The minimum absolute atomic E-state index is 0.186. The van der Waals surface area contributed by atoms with Crippen LogP contribution in [0.1, 0.15) is 15.9 Å². The van der Waals surface area contributed by atoms with Gasteiger partial charge in [-0.25, -0.2) is 4.79 Å². The van der Waals surface area contributed by atoms with E-state index in [1.54, 1.807) is 24.3 Å². The summed E-state index contributed by atoms with van der Waals surface area (Å²) in [6.45, 7) is 2.13. The van der Waals surface area contributed by atoms with Crippen LogP contribution in [0.25, 0.3) is 0 Å². The Bertz CT molecular complexity index is 634. The number of hydrogen-bond acceptors (Lipinski definition) is 4. The SMILES string of the molecule is Cc1cccc(OC(=O)c2ccc3c(c2)OCO3)c1. The molecule has 4 heteroatoms. The lowest BCUT2D eigenvalue weighted by Crippen LogP contribution is -2.08. The zero-order valence-electron chi connectivity index (χ0n) is 10.4. The minimum Gasteiger partial charge on any atom is -0.454 e. The highest BCUT2D eigenvalue weighted by Gasteiger charge is 2.17. The van der Waals surface area contributed by atoms with Gasteiger partial charge in [0, 0.05) is 0 Å². The summed E-state index contributed by atoms with van der Waals surface area (Å²) in [4.78, 5) is 12.0.